The molecule has 1 heterocycles. The van der Waals surface area contributed by atoms with Gasteiger partial charge >= 0.3 is 12.1 Å². The highest BCUT2D eigenvalue weighted by molar-refractivity contribution is 5.95. The maximum atomic E-state index is 12.7. The van der Waals surface area contributed by atoms with E-state index in [1.807, 2.05) is 19.1 Å². The molecule has 0 aliphatic heterocycles. The van der Waals surface area contributed by atoms with Crippen molar-refractivity contribution in [2.75, 3.05) is 6.61 Å². The molecule has 0 radical (unpaired) electrons. The lowest BCUT2D eigenvalue weighted by molar-refractivity contribution is -0.137. The van der Waals surface area contributed by atoms with Crippen molar-refractivity contribution < 1.29 is 22.7 Å². The number of aromatic nitrogens is 1. The summed E-state index contributed by atoms with van der Waals surface area (Å²) in [7, 11) is 0. The van der Waals surface area contributed by atoms with E-state index in [0.717, 1.165) is 40.8 Å². The predicted molar refractivity (Wildman–Crippen MR) is 97.8 cm³/mol. The Bertz CT molecular complexity index is 956. The summed E-state index contributed by atoms with van der Waals surface area (Å²) < 4.78 is 45.3. The number of esters is 1. The van der Waals surface area contributed by atoms with E-state index in [1.54, 1.807) is 19.1 Å². The van der Waals surface area contributed by atoms with Crippen molar-refractivity contribution in [3.63, 3.8) is 0 Å². The van der Waals surface area contributed by atoms with Crippen LogP contribution in [-0.2, 0) is 23.9 Å². The summed E-state index contributed by atoms with van der Waals surface area (Å²) in [4.78, 5) is 11.9. The van der Waals surface area contributed by atoms with Gasteiger partial charge in [0.05, 0.1) is 17.7 Å². The number of nitrogens with zero attached hydrogens (tertiary/aromatic N) is 1. The first-order valence-corrected chi connectivity index (χ1v) is 8.79. The first-order chi connectivity index (χ1) is 12.8. The van der Waals surface area contributed by atoms with Crippen LogP contribution in [0.15, 0.2) is 48.5 Å². The lowest BCUT2D eigenvalue weighted by atomic mass is 10.1. The molecule has 0 spiro atoms. The highest BCUT2D eigenvalue weighted by Gasteiger charge is 2.29. The molecule has 6 heteroatoms. The third kappa shape index (κ3) is 3.99. The second kappa shape index (κ2) is 7.47. The Morgan fingerprint density at radius 1 is 1.04 bits per heavy atom. The minimum Gasteiger partial charge on any atom is -0.462 e. The third-order valence-electron chi connectivity index (χ3n) is 4.48. The van der Waals surface area contributed by atoms with Gasteiger partial charge in [-0.3, -0.25) is 0 Å². The molecule has 0 aliphatic carbocycles. The van der Waals surface area contributed by atoms with Gasteiger partial charge in [-0.25, -0.2) is 4.79 Å². The molecule has 0 fully saturated rings. The minimum atomic E-state index is -4.33. The van der Waals surface area contributed by atoms with Crippen LogP contribution in [0, 0.1) is 0 Å². The molecule has 2 aromatic carbocycles. The number of halogens is 3. The SMILES string of the molecule is CCOC(=O)c1ccc2c(c1)cc(Cc1ccc(C(F)(F)F)cc1)n2CC. The van der Waals surface area contributed by atoms with Crippen LogP contribution >= 0.6 is 0 Å². The van der Waals surface area contributed by atoms with Gasteiger partial charge in [-0.05, 0) is 55.8 Å². The van der Waals surface area contributed by atoms with E-state index in [0.29, 0.717) is 18.6 Å². The largest absolute Gasteiger partial charge is 0.462 e. The number of benzene rings is 2. The Kier molecular flexibility index (Phi) is 5.26. The molecular weight excluding hydrogens is 355 g/mol. The lowest BCUT2D eigenvalue weighted by Gasteiger charge is -2.10. The fourth-order valence-electron chi connectivity index (χ4n) is 3.21. The van der Waals surface area contributed by atoms with Gasteiger partial charge in [0, 0.05) is 29.6 Å². The van der Waals surface area contributed by atoms with E-state index in [1.165, 1.54) is 12.1 Å². The molecule has 1 aromatic heterocycles. The fraction of sp³-hybridized carbons (Fsp3) is 0.286. The molecule has 0 atom stereocenters. The standard InChI is InChI=1S/C21H20F3NO2/c1-3-25-18(11-14-5-8-17(9-6-14)21(22,23)24)13-16-12-15(7-10-19(16)25)20(26)27-4-2/h5-10,12-13H,3-4,11H2,1-2H3. The van der Waals surface area contributed by atoms with E-state index in [-0.39, 0.29) is 5.97 Å². The Balaban J connectivity index is 1.93. The normalized spacial score (nSPS) is 11.7. The number of aryl methyl sites for hydroxylation is 1. The van der Waals surface area contributed by atoms with Crippen molar-refractivity contribution in [2.24, 2.45) is 0 Å². The molecule has 0 unspecified atom stereocenters. The quantitative estimate of drug-likeness (QED) is 0.556. The molecule has 0 amide bonds. The zero-order valence-electron chi connectivity index (χ0n) is 15.1. The van der Waals surface area contributed by atoms with Gasteiger partial charge in [-0.2, -0.15) is 13.2 Å². The number of carbonyl (C=O) groups is 1. The van der Waals surface area contributed by atoms with Crippen LogP contribution in [0.4, 0.5) is 13.2 Å². The fourth-order valence-corrected chi connectivity index (χ4v) is 3.21. The van der Waals surface area contributed by atoms with Crippen LogP contribution in [0.2, 0.25) is 0 Å². The van der Waals surface area contributed by atoms with Gasteiger partial charge in [0.25, 0.3) is 0 Å². The first-order valence-electron chi connectivity index (χ1n) is 8.79. The van der Waals surface area contributed by atoms with Gasteiger partial charge in [0.1, 0.15) is 0 Å². The summed E-state index contributed by atoms with van der Waals surface area (Å²) >= 11 is 0. The van der Waals surface area contributed by atoms with Gasteiger partial charge in [-0.1, -0.05) is 12.1 Å². The molecule has 27 heavy (non-hydrogen) atoms. The highest BCUT2D eigenvalue weighted by Crippen LogP contribution is 2.30. The molecule has 0 N–H and O–H groups in total. The van der Waals surface area contributed by atoms with E-state index in [4.69, 9.17) is 4.74 Å². The van der Waals surface area contributed by atoms with Crippen molar-refractivity contribution >= 4 is 16.9 Å². The molecule has 0 saturated heterocycles. The first kappa shape index (κ1) is 19.0. The van der Waals surface area contributed by atoms with Crippen LogP contribution < -0.4 is 0 Å². The van der Waals surface area contributed by atoms with Crippen molar-refractivity contribution in [1.82, 2.24) is 4.57 Å². The average Bonchev–Trinajstić information content (AvgIpc) is 2.97. The van der Waals surface area contributed by atoms with Gasteiger partial charge in [0.2, 0.25) is 0 Å². The third-order valence-corrected chi connectivity index (χ3v) is 4.48. The summed E-state index contributed by atoms with van der Waals surface area (Å²) in [6.45, 7) is 4.80. The second-order valence-electron chi connectivity index (χ2n) is 6.25. The number of carbonyl (C=O) groups excluding carboxylic acids is 1. The summed E-state index contributed by atoms with van der Waals surface area (Å²) in [6, 6.07) is 12.6. The average molecular weight is 375 g/mol. The lowest BCUT2D eigenvalue weighted by Crippen LogP contribution is -2.05. The Labute approximate surface area is 155 Å². The molecule has 142 valence electrons. The minimum absolute atomic E-state index is 0.312. The number of hydrogen-bond acceptors (Lipinski definition) is 2. The summed E-state index contributed by atoms with van der Waals surface area (Å²) in [5, 5.41) is 0.907. The second-order valence-corrected chi connectivity index (χ2v) is 6.25. The van der Waals surface area contributed by atoms with Crippen LogP contribution in [0.3, 0.4) is 0 Å². The number of rotatable bonds is 5. The Morgan fingerprint density at radius 2 is 1.74 bits per heavy atom. The maximum absolute atomic E-state index is 12.7. The van der Waals surface area contributed by atoms with Crippen molar-refractivity contribution in [1.29, 1.82) is 0 Å². The molecule has 3 rings (SSSR count). The number of ether oxygens (including phenoxy) is 1. The zero-order chi connectivity index (χ0) is 19.6. The van der Waals surface area contributed by atoms with Crippen molar-refractivity contribution in [2.45, 2.75) is 33.0 Å². The molecule has 0 saturated carbocycles. The summed E-state index contributed by atoms with van der Waals surface area (Å²) in [5.74, 6) is -0.368. The number of alkyl halides is 3. The number of fused-ring (bicyclic) bond motifs is 1. The van der Waals surface area contributed by atoms with Crippen LogP contribution in [-0.4, -0.2) is 17.1 Å². The van der Waals surface area contributed by atoms with E-state index in [2.05, 4.69) is 4.57 Å². The van der Waals surface area contributed by atoms with Crippen molar-refractivity contribution in [3.05, 3.63) is 70.9 Å². The maximum Gasteiger partial charge on any atom is 0.416 e. The van der Waals surface area contributed by atoms with Gasteiger partial charge in [-0.15, -0.1) is 0 Å². The van der Waals surface area contributed by atoms with E-state index in [9.17, 15) is 18.0 Å². The molecule has 0 bridgehead atoms. The summed E-state index contributed by atoms with van der Waals surface area (Å²) in [6.07, 6.45) is -3.82. The van der Waals surface area contributed by atoms with E-state index < -0.39 is 11.7 Å². The molecule has 3 nitrogen and oxygen atoms in total. The van der Waals surface area contributed by atoms with Crippen LogP contribution in [0.25, 0.3) is 10.9 Å². The van der Waals surface area contributed by atoms with Gasteiger partial charge < -0.3 is 9.30 Å². The predicted octanol–water partition coefficient (Wildman–Crippen LogP) is 5.45. The Hall–Kier alpha value is -2.76. The Morgan fingerprint density at radius 3 is 2.33 bits per heavy atom. The monoisotopic (exact) mass is 375 g/mol. The topological polar surface area (TPSA) is 31.2 Å². The summed E-state index contributed by atoms with van der Waals surface area (Å²) in [5.41, 5.74) is 2.59. The van der Waals surface area contributed by atoms with Crippen LogP contribution in [0.5, 0.6) is 0 Å². The van der Waals surface area contributed by atoms with Crippen LogP contribution in [0.1, 0.15) is 41.0 Å². The highest BCUT2D eigenvalue weighted by atomic mass is 19.4. The van der Waals surface area contributed by atoms with Crippen molar-refractivity contribution in [3.8, 4) is 0 Å². The zero-order valence-corrected chi connectivity index (χ0v) is 15.1. The van der Waals surface area contributed by atoms with E-state index >= 15 is 0 Å². The molecule has 3 aromatic rings. The smallest absolute Gasteiger partial charge is 0.416 e. The molecule has 0 aliphatic rings. The van der Waals surface area contributed by atoms with Gasteiger partial charge in [0.15, 0.2) is 0 Å². The molecular formula is C21H20F3NO2. The number of hydrogen-bond donors (Lipinski definition) is 0.